The molecule has 138 valence electrons. The Morgan fingerprint density at radius 1 is 1.35 bits per heavy atom. The van der Waals surface area contributed by atoms with E-state index in [1.807, 2.05) is 24.3 Å². The fourth-order valence-corrected chi connectivity index (χ4v) is 4.97. The van der Waals surface area contributed by atoms with Gasteiger partial charge in [0.05, 0.1) is 22.7 Å². The van der Waals surface area contributed by atoms with E-state index in [9.17, 15) is 14.7 Å². The van der Waals surface area contributed by atoms with Gasteiger partial charge in [-0.25, -0.2) is 4.98 Å². The van der Waals surface area contributed by atoms with Gasteiger partial charge in [0, 0.05) is 24.9 Å². The van der Waals surface area contributed by atoms with E-state index in [1.165, 1.54) is 11.3 Å². The first-order chi connectivity index (χ1) is 12.6. The van der Waals surface area contributed by atoms with Crippen molar-refractivity contribution in [3.63, 3.8) is 0 Å². The number of amides is 2. The molecule has 0 bridgehead atoms. The van der Waals surface area contributed by atoms with Crippen LogP contribution in [0.2, 0.25) is 0 Å². The van der Waals surface area contributed by atoms with Crippen LogP contribution < -0.4 is 10.2 Å². The summed E-state index contributed by atoms with van der Waals surface area (Å²) in [6, 6.07) is 7.79. The highest BCUT2D eigenvalue weighted by Crippen LogP contribution is 2.37. The second-order valence-corrected chi connectivity index (χ2v) is 8.46. The summed E-state index contributed by atoms with van der Waals surface area (Å²) in [6.45, 7) is 0.972. The van der Waals surface area contributed by atoms with Crippen molar-refractivity contribution >= 4 is 38.5 Å². The van der Waals surface area contributed by atoms with Crippen LogP contribution in [0, 0.1) is 11.3 Å². The molecule has 2 aromatic rings. The molecule has 1 aromatic heterocycles. The van der Waals surface area contributed by atoms with Gasteiger partial charge in [0.1, 0.15) is 0 Å². The largest absolute Gasteiger partial charge is 0.396 e. The minimum absolute atomic E-state index is 0.0538. The molecule has 2 fully saturated rings. The van der Waals surface area contributed by atoms with Gasteiger partial charge in [-0.2, -0.15) is 0 Å². The average molecular weight is 373 g/mol. The van der Waals surface area contributed by atoms with Crippen molar-refractivity contribution in [1.29, 1.82) is 0 Å². The summed E-state index contributed by atoms with van der Waals surface area (Å²) >= 11 is 1.48. The van der Waals surface area contributed by atoms with Gasteiger partial charge >= 0.3 is 0 Å². The highest BCUT2D eigenvalue weighted by molar-refractivity contribution is 7.22. The molecular weight excluding hydrogens is 350 g/mol. The number of carbonyl (C=O) groups is 2. The lowest BCUT2D eigenvalue weighted by Gasteiger charge is -2.27. The molecule has 6 nitrogen and oxygen atoms in total. The van der Waals surface area contributed by atoms with E-state index in [2.05, 4.69) is 10.3 Å². The summed E-state index contributed by atoms with van der Waals surface area (Å²) in [7, 11) is 0. The lowest BCUT2D eigenvalue weighted by atomic mass is 9.87. The molecule has 26 heavy (non-hydrogen) atoms. The Morgan fingerprint density at radius 2 is 2.12 bits per heavy atom. The van der Waals surface area contributed by atoms with Crippen molar-refractivity contribution in [2.75, 3.05) is 24.6 Å². The van der Waals surface area contributed by atoms with Crippen LogP contribution in [-0.4, -0.2) is 41.6 Å². The van der Waals surface area contributed by atoms with Crippen molar-refractivity contribution < 1.29 is 14.7 Å². The first-order valence-electron chi connectivity index (χ1n) is 9.15. The third-order valence-electron chi connectivity index (χ3n) is 5.65. The lowest BCUT2D eigenvalue weighted by Crippen LogP contribution is -2.41. The smallest absolute Gasteiger partial charge is 0.229 e. The number of fused-ring (bicyclic) bond motifs is 1. The molecule has 0 radical (unpaired) electrons. The van der Waals surface area contributed by atoms with Crippen LogP contribution in [0.4, 0.5) is 5.13 Å². The molecule has 1 atom stereocenters. The number of carbonyl (C=O) groups excluding carboxylic acids is 2. The Kier molecular flexibility index (Phi) is 4.67. The molecule has 2 aliphatic rings. The molecule has 1 aliphatic heterocycles. The zero-order valence-corrected chi connectivity index (χ0v) is 15.4. The van der Waals surface area contributed by atoms with Crippen molar-refractivity contribution in [3.8, 4) is 0 Å². The second-order valence-electron chi connectivity index (χ2n) is 7.45. The Hall–Kier alpha value is -1.99. The predicted molar refractivity (Wildman–Crippen MR) is 101 cm³/mol. The fourth-order valence-electron chi connectivity index (χ4n) is 3.98. The number of nitrogens with zero attached hydrogens (tertiary/aromatic N) is 2. The molecule has 2 amide bonds. The normalized spacial score (nSPS) is 22.3. The Labute approximate surface area is 156 Å². The van der Waals surface area contributed by atoms with Crippen LogP contribution in [-0.2, 0) is 9.59 Å². The standard InChI is InChI=1S/C19H23N3O3S/c23-12-19(7-3-4-8-19)11-20-17(25)13-9-16(24)22(10-13)18-21-14-5-1-2-6-15(14)26-18/h1-2,5-6,13,23H,3-4,7-12H2,(H,20,25). The number of hydrogen-bond acceptors (Lipinski definition) is 5. The summed E-state index contributed by atoms with van der Waals surface area (Å²) in [5.74, 6) is -0.504. The molecule has 1 aromatic carbocycles. The van der Waals surface area contributed by atoms with Gasteiger partial charge in [0.15, 0.2) is 5.13 Å². The van der Waals surface area contributed by atoms with E-state index in [-0.39, 0.29) is 36.2 Å². The zero-order chi connectivity index (χ0) is 18.1. The highest BCUT2D eigenvalue weighted by Gasteiger charge is 2.38. The minimum Gasteiger partial charge on any atom is -0.396 e. The monoisotopic (exact) mass is 373 g/mol. The topological polar surface area (TPSA) is 82.5 Å². The van der Waals surface area contributed by atoms with Crippen molar-refractivity contribution in [3.05, 3.63) is 24.3 Å². The zero-order valence-electron chi connectivity index (χ0n) is 14.6. The third kappa shape index (κ3) is 3.21. The van der Waals surface area contributed by atoms with E-state index in [1.54, 1.807) is 4.90 Å². The minimum atomic E-state index is -0.355. The van der Waals surface area contributed by atoms with E-state index in [4.69, 9.17) is 0 Å². The molecular formula is C19H23N3O3S. The lowest BCUT2D eigenvalue weighted by molar-refractivity contribution is -0.126. The van der Waals surface area contributed by atoms with E-state index in [0.29, 0.717) is 18.2 Å². The van der Waals surface area contributed by atoms with Gasteiger partial charge in [-0.1, -0.05) is 36.3 Å². The third-order valence-corrected chi connectivity index (χ3v) is 6.71. The van der Waals surface area contributed by atoms with E-state index < -0.39 is 0 Å². The van der Waals surface area contributed by atoms with Crippen LogP contribution in [0.1, 0.15) is 32.1 Å². The molecule has 1 unspecified atom stereocenters. The summed E-state index contributed by atoms with van der Waals surface area (Å²) in [5.41, 5.74) is 0.699. The van der Waals surface area contributed by atoms with Crippen molar-refractivity contribution in [2.45, 2.75) is 32.1 Å². The molecule has 7 heteroatoms. The van der Waals surface area contributed by atoms with Crippen LogP contribution in [0.5, 0.6) is 0 Å². The Balaban J connectivity index is 1.41. The molecule has 1 aliphatic carbocycles. The molecule has 1 saturated heterocycles. The summed E-state index contributed by atoms with van der Waals surface area (Å²) in [4.78, 5) is 31.1. The number of aliphatic hydroxyl groups is 1. The van der Waals surface area contributed by atoms with E-state index >= 15 is 0 Å². The fraction of sp³-hybridized carbons (Fsp3) is 0.526. The SMILES string of the molecule is O=C(NCC1(CO)CCCC1)C1CC(=O)N(c2nc3ccccc3s2)C1. The van der Waals surface area contributed by atoms with Gasteiger partial charge in [-0.3, -0.25) is 14.5 Å². The molecule has 2 N–H and O–H groups in total. The quantitative estimate of drug-likeness (QED) is 0.843. The maximum absolute atomic E-state index is 12.6. The van der Waals surface area contributed by atoms with Crippen LogP contribution in [0.15, 0.2) is 24.3 Å². The summed E-state index contributed by atoms with van der Waals surface area (Å²) < 4.78 is 1.04. The Morgan fingerprint density at radius 3 is 2.85 bits per heavy atom. The first kappa shape index (κ1) is 17.4. The number of hydrogen-bond donors (Lipinski definition) is 2. The van der Waals surface area contributed by atoms with Crippen LogP contribution in [0.25, 0.3) is 10.2 Å². The summed E-state index contributed by atoms with van der Waals surface area (Å²) in [6.07, 6.45) is 4.32. The number of aromatic nitrogens is 1. The van der Waals surface area contributed by atoms with Gasteiger partial charge in [0.25, 0.3) is 0 Å². The van der Waals surface area contributed by atoms with Crippen molar-refractivity contribution in [2.24, 2.45) is 11.3 Å². The number of benzene rings is 1. The van der Waals surface area contributed by atoms with Gasteiger partial charge < -0.3 is 10.4 Å². The van der Waals surface area contributed by atoms with Gasteiger partial charge in [-0.15, -0.1) is 0 Å². The number of anilines is 1. The highest BCUT2D eigenvalue weighted by atomic mass is 32.1. The molecule has 4 rings (SSSR count). The number of para-hydroxylation sites is 1. The first-order valence-corrected chi connectivity index (χ1v) is 9.96. The molecule has 2 heterocycles. The van der Waals surface area contributed by atoms with Gasteiger partial charge in [-0.05, 0) is 25.0 Å². The maximum Gasteiger partial charge on any atom is 0.229 e. The summed E-state index contributed by atoms with van der Waals surface area (Å²) in [5, 5.41) is 13.3. The molecule has 0 spiro atoms. The maximum atomic E-state index is 12.6. The second kappa shape index (κ2) is 6.96. The van der Waals surface area contributed by atoms with Gasteiger partial charge in [0.2, 0.25) is 11.8 Å². The van der Waals surface area contributed by atoms with Crippen LogP contribution >= 0.6 is 11.3 Å². The predicted octanol–water partition coefficient (Wildman–Crippen LogP) is 2.32. The number of rotatable bonds is 5. The number of aliphatic hydroxyl groups excluding tert-OH is 1. The Bertz CT molecular complexity index is 795. The van der Waals surface area contributed by atoms with E-state index in [0.717, 1.165) is 35.9 Å². The number of thiazole rings is 1. The average Bonchev–Trinajstić information content (AvgIpc) is 3.37. The van der Waals surface area contributed by atoms with Crippen LogP contribution in [0.3, 0.4) is 0 Å². The molecule has 1 saturated carbocycles. The number of nitrogens with one attached hydrogen (secondary N) is 1. The van der Waals surface area contributed by atoms with Crippen molar-refractivity contribution in [1.82, 2.24) is 10.3 Å².